The SMILES string of the molecule is CCNC(=NCC(O)c1cc(OC)cc(OC)c1)NC1CCc2nc(CC)nn2C1.I. The summed E-state index contributed by atoms with van der Waals surface area (Å²) in [6.45, 7) is 5.78. The molecule has 0 bridgehead atoms. The summed E-state index contributed by atoms with van der Waals surface area (Å²) < 4.78 is 12.6. The van der Waals surface area contributed by atoms with E-state index < -0.39 is 6.10 Å². The third-order valence-corrected chi connectivity index (χ3v) is 5.08. The first-order valence-corrected chi connectivity index (χ1v) is 10.4. The minimum Gasteiger partial charge on any atom is -0.497 e. The smallest absolute Gasteiger partial charge is 0.191 e. The number of hydrogen-bond acceptors (Lipinski definition) is 6. The van der Waals surface area contributed by atoms with E-state index in [9.17, 15) is 5.11 Å². The highest BCUT2D eigenvalue weighted by Crippen LogP contribution is 2.26. The average molecular weight is 544 g/mol. The molecule has 0 saturated carbocycles. The largest absolute Gasteiger partial charge is 0.497 e. The molecule has 2 heterocycles. The normalized spacial score (nSPS) is 16.7. The number of hydrogen-bond donors (Lipinski definition) is 3. The monoisotopic (exact) mass is 544 g/mol. The van der Waals surface area contributed by atoms with Crippen molar-refractivity contribution in [1.29, 1.82) is 0 Å². The van der Waals surface area contributed by atoms with Gasteiger partial charge in [0, 0.05) is 31.5 Å². The van der Waals surface area contributed by atoms with E-state index in [1.165, 1.54) is 0 Å². The second-order valence-electron chi connectivity index (χ2n) is 7.24. The Morgan fingerprint density at radius 3 is 2.58 bits per heavy atom. The molecule has 1 aliphatic heterocycles. The summed E-state index contributed by atoms with van der Waals surface area (Å²) in [5.41, 5.74) is 0.697. The van der Waals surface area contributed by atoms with E-state index in [2.05, 4.69) is 32.6 Å². The van der Waals surface area contributed by atoms with Crippen molar-refractivity contribution >= 4 is 29.9 Å². The van der Waals surface area contributed by atoms with Crippen LogP contribution in [0.5, 0.6) is 11.5 Å². The Labute approximate surface area is 200 Å². The molecule has 1 aliphatic rings. The highest BCUT2D eigenvalue weighted by molar-refractivity contribution is 14.0. The Morgan fingerprint density at radius 2 is 1.97 bits per heavy atom. The zero-order valence-corrected chi connectivity index (χ0v) is 20.9. The molecule has 0 amide bonds. The molecular weight excluding hydrogens is 511 g/mol. The zero-order chi connectivity index (χ0) is 21.5. The molecule has 10 heteroatoms. The Balaban J connectivity index is 0.00000341. The molecule has 1 aromatic heterocycles. The van der Waals surface area contributed by atoms with Crippen molar-refractivity contribution in [2.24, 2.45) is 4.99 Å². The van der Waals surface area contributed by atoms with Crippen LogP contribution < -0.4 is 20.1 Å². The van der Waals surface area contributed by atoms with Crippen molar-refractivity contribution in [1.82, 2.24) is 25.4 Å². The molecule has 172 valence electrons. The van der Waals surface area contributed by atoms with Gasteiger partial charge in [0.05, 0.1) is 33.4 Å². The fourth-order valence-corrected chi connectivity index (χ4v) is 3.45. The Kier molecular flexibility index (Phi) is 9.82. The maximum atomic E-state index is 10.6. The lowest BCUT2D eigenvalue weighted by Crippen LogP contribution is -2.47. The summed E-state index contributed by atoms with van der Waals surface area (Å²) in [5.74, 6) is 3.89. The van der Waals surface area contributed by atoms with Crippen LogP contribution in [0.3, 0.4) is 0 Å². The number of benzene rings is 1. The predicted octanol–water partition coefficient (Wildman–Crippen LogP) is 2.08. The van der Waals surface area contributed by atoms with Gasteiger partial charge in [-0.2, -0.15) is 5.10 Å². The summed E-state index contributed by atoms with van der Waals surface area (Å²) in [7, 11) is 3.18. The van der Waals surface area contributed by atoms with E-state index in [0.29, 0.717) is 23.0 Å². The molecular formula is C21H33IN6O3. The number of nitrogens with one attached hydrogen (secondary N) is 2. The van der Waals surface area contributed by atoms with Crippen LogP contribution in [0.15, 0.2) is 23.2 Å². The van der Waals surface area contributed by atoms with Crippen molar-refractivity contribution in [2.45, 2.75) is 51.8 Å². The van der Waals surface area contributed by atoms with E-state index in [0.717, 1.165) is 44.0 Å². The van der Waals surface area contributed by atoms with Crippen molar-refractivity contribution < 1.29 is 14.6 Å². The lowest BCUT2D eigenvalue weighted by atomic mass is 10.1. The first-order chi connectivity index (χ1) is 14.6. The number of fused-ring (bicyclic) bond motifs is 1. The minimum atomic E-state index is -0.773. The van der Waals surface area contributed by atoms with Gasteiger partial charge in [-0.3, -0.25) is 4.99 Å². The van der Waals surface area contributed by atoms with Crippen molar-refractivity contribution in [2.75, 3.05) is 27.3 Å². The maximum Gasteiger partial charge on any atom is 0.191 e. The van der Waals surface area contributed by atoms with Crippen LogP contribution in [0.2, 0.25) is 0 Å². The van der Waals surface area contributed by atoms with E-state index in [-0.39, 0.29) is 36.6 Å². The highest BCUT2D eigenvalue weighted by Gasteiger charge is 2.22. The van der Waals surface area contributed by atoms with Crippen LogP contribution in [0.25, 0.3) is 0 Å². The number of aliphatic hydroxyl groups excluding tert-OH is 1. The molecule has 2 unspecified atom stereocenters. The lowest BCUT2D eigenvalue weighted by Gasteiger charge is -2.25. The molecule has 0 aliphatic carbocycles. The van der Waals surface area contributed by atoms with Crippen molar-refractivity contribution in [3.63, 3.8) is 0 Å². The van der Waals surface area contributed by atoms with Gasteiger partial charge in [-0.05, 0) is 31.0 Å². The second kappa shape index (κ2) is 12.1. The van der Waals surface area contributed by atoms with E-state index in [4.69, 9.17) is 9.47 Å². The van der Waals surface area contributed by atoms with Crippen molar-refractivity contribution in [3.05, 3.63) is 35.4 Å². The number of nitrogens with zero attached hydrogens (tertiary/aromatic N) is 4. The van der Waals surface area contributed by atoms with Gasteiger partial charge in [0.2, 0.25) is 0 Å². The molecule has 1 aromatic carbocycles. The first kappa shape index (κ1) is 25.2. The maximum absolute atomic E-state index is 10.6. The number of aliphatic hydroxyl groups is 1. The number of aryl methyl sites for hydroxylation is 2. The summed E-state index contributed by atoms with van der Waals surface area (Å²) >= 11 is 0. The van der Waals surface area contributed by atoms with Crippen LogP contribution in [0.4, 0.5) is 0 Å². The van der Waals surface area contributed by atoms with Gasteiger partial charge in [-0.25, -0.2) is 9.67 Å². The number of guanidine groups is 1. The molecule has 2 aromatic rings. The van der Waals surface area contributed by atoms with Gasteiger partial charge >= 0.3 is 0 Å². The molecule has 3 rings (SSSR count). The van der Waals surface area contributed by atoms with Gasteiger partial charge in [0.25, 0.3) is 0 Å². The third kappa shape index (κ3) is 6.70. The lowest BCUT2D eigenvalue weighted by molar-refractivity contribution is 0.186. The topological polar surface area (TPSA) is 106 Å². The fraction of sp³-hybridized carbons (Fsp3) is 0.571. The van der Waals surface area contributed by atoms with Crippen molar-refractivity contribution in [3.8, 4) is 11.5 Å². The Hall–Kier alpha value is -2.08. The van der Waals surface area contributed by atoms with Crippen LogP contribution in [-0.4, -0.2) is 59.2 Å². The number of halogens is 1. The summed E-state index contributed by atoms with van der Waals surface area (Å²) in [4.78, 5) is 9.15. The van der Waals surface area contributed by atoms with Crippen LogP contribution >= 0.6 is 24.0 Å². The van der Waals surface area contributed by atoms with Gasteiger partial charge < -0.3 is 25.2 Å². The van der Waals surface area contributed by atoms with Crippen LogP contribution in [0.1, 0.15) is 43.6 Å². The number of methoxy groups -OCH3 is 2. The summed E-state index contributed by atoms with van der Waals surface area (Å²) in [5, 5.41) is 21.9. The predicted molar refractivity (Wildman–Crippen MR) is 131 cm³/mol. The molecule has 0 saturated heterocycles. The summed E-state index contributed by atoms with van der Waals surface area (Å²) in [6.07, 6.45) is 1.91. The molecule has 0 radical (unpaired) electrons. The second-order valence-corrected chi connectivity index (χ2v) is 7.24. The number of rotatable bonds is 8. The number of ether oxygens (including phenoxy) is 2. The van der Waals surface area contributed by atoms with Gasteiger partial charge in [-0.15, -0.1) is 24.0 Å². The van der Waals surface area contributed by atoms with Gasteiger partial charge in [-0.1, -0.05) is 6.92 Å². The Morgan fingerprint density at radius 1 is 1.26 bits per heavy atom. The minimum absolute atomic E-state index is 0. The summed E-state index contributed by atoms with van der Waals surface area (Å²) in [6, 6.07) is 5.57. The average Bonchev–Trinajstić information content (AvgIpc) is 3.19. The molecule has 0 fully saturated rings. The van der Waals surface area contributed by atoms with Crippen LogP contribution in [0, 0.1) is 0 Å². The molecule has 9 nitrogen and oxygen atoms in total. The number of aliphatic imine (C=N–C) groups is 1. The zero-order valence-electron chi connectivity index (χ0n) is 18.6. The standard InChI is InChI=1S/C21H32N6O3.HI/c1-5-19-25-20-8-7-15(13-27(20)26-19)24-21(22-6-2)23-12-18(28)14-9-16(29-3)11-17(10-14)30-4;/h9-11,15,18,28H,5-8,12-13H2,1-4H3,(H2,22,23,24);1H. The third-order valence-electron chi connectivity index (χ3n) is 5.08. The first-order valence-electron chi connectivity index (χ1n) is 10.4. The Bertz CT molecular complexity index is 851. The number of aromatic nitrogens is 3. The van der Waals surface area contributed by atoms with Crippen LogP contribution in [-0.2, 0) is 19.4 Å². The highest BCUT2D eigenvalue weighted by atomic mass is 127. The molecule has 31 heavy (non-hydrogen) atoms. The van der Waals surface area contributed by atoms with E-state index in [1.54, 1.807) is 32.4 Å². The quantitative estimate of drug-likeness (QED) is 0.266. The molecule has 2 atom stereocenters. The molecule has 3 N–H and O–H groups in total. The van der Waals surface area contributed by atoms with E-state index >= 15 is 0 Å². The van der Waals surface area contributed by atoms with Gasteiger partial charge in [0.1, 0.15) is 17.3 Å². The van der Waals surface area contributed by atoms with Gasteiger partial charge in [0.15, 0.2) is 11.8 Å². The molecule has 0 spiro atoms. The van der Waals surface area contributed by atoms with E-state index in [1.807, 2.05) is 11.6 Å². The fourth-order valence-electron chi connectivity index (χ4n) is 3.45.